The zero-order valence-electron chi connectivity index (χ0n) is 8.74. The molecule has 1 aromatic rings. The fraction of sp³-hybridized carbons (Fsp3) is 0.500. The summed E-state index contributed by atoms with van der Waals surface area (Å²) >= 11 is 11.6. The van der Waals surface area contributed by atoms with Crippen LogP contribution in [-0.4, -0.2) is 34.7 Å². The highest BCUT2D eigenvalue weighted by atomic mass is 35.5. The Morgan fingerprint density at radius 1 is 1.47 bits per heavy atom. The molecule has 0 aliphatic heterocycles. The molecule has 0 saturated heterocycles. The summed E-state index contributed by atoms with van der Waals surface area (Å²) in [5.41, 5.74) is 0.906. The van der Waals surface area contributed by atoms with E-state index in [2.05, 4.69) is 4.98 Å². The van der Waals surface area contributed by atoms with Crippen molar-refractivity contribution in [3.8, 4) is 0 Å². The summed E-state index contributed by atoms with van der Waals surface area (Å²) in [5.74, 6) is 0. The van der Waals surface area contributed by atoms with Gasteiger partial charge in [-0.3, -0.25) is 4.90 Å². The third-order valence-electron chi connectivity index (χ3n) is 2.33. The molecule has 1 heterocycles. The van der Waals surface area contributed by atoms with Gasteiger partial charge in [-0.05, 0) is 20.0 Å². The van der Waals surface area contributed by atoms with Crippen molar-refractivity contribution in [2.45, 2.75) is 19.5 Å². The lowest BCUT2D eigenvalue weighted by molar-refractivity contribution is 0.154. The fourth-order valence-corrected chi connectivity index (χ4v) is 1.53. The van der Waals surface area contributed by atoms with Crippen molar-refractivity contribution in [2.75, 3.05) is 13.7 Å². The molecule has 1 rings (SSSR count). The third-order valence-corrected chi connectivity index (χ3v) is 2.87. The number of rotatable bonds is 4. The fourth-order valence-electron chi connectivity index (χ4n) is 1.12. The molecule has 15 heavy (non-hydrogen) atoms. The SMILES string of the molecule is CC(CO)N(C)Cc1ccc(Cl)nc1Cl. The van der Waals surface area contributed by atoms with Crippen LogP contribution in [0.1, 0.15) is 12.5 Å². The lowest BCUT2D eigenvalue weighted by Crippen LogP contribution is -2.31. The zero-order valence-corrected chi connectivity index (χ0v) is 10.3. The van der Waals surface area contributed by atoms with Crippen molar-refractivity contribution < 1.29 is 5.11 Å². The molecule has 0 saturated carbocycles. The molecule has 0 fully saturated rings. The van der Waals surface area contributed by atoms with E-state index in [9.17, 15) is 0 Å². The van der Waals surface area contributed by atoms with Crippen LogP contribution in [0.3, 0.4) is 0 Å². The molecule has 0 amide bonds. The van der Waals surface area contributed by atoms with Crippen LogP contribution in [0.5, 0.6) is 0 Å². The van der Waals surface area contributed by atoms with Crippen LogP contribution >= 0.6 is 23.2 Å². The van der Waals surface area contributed by atoms with Crippen LogP contribution in [0.15, 0.2) is 12.1 Å². The van der Waals surface area contributed by atoms with Crippen molar-refractivity contribution in [3.63, 3.8) is 0 Å². The van der Waals surface area contributed by atoms with Crippen molar-refractivity contribution in [1.82, 2.24) is 9.88 Å². The van der Waals surface area contributed by atoms with Gasteiger partial charge in [0.15, 0.2) is 0 Å². The second-order valence-electron chi connectivity index (χ2n) is 3.53. The van der Waals surface area contributed by atoms with Crippen LogP contribution in [0.2, 0.25) is 10.3 Å². The minimum absolute atomic E-state index is 0.0942. The normalized spacial score (nSPS) is 13.2. The molecule has 0 radical (unpaired) electrons. The number of likely N-dealkylation sites (N-methyl/N-ethyl adjacent to an activating group) is 1. The number of aliphatic hydroxyl groups is 1. The van der Waals surface area contributed by atoms with Gasteiger partial charge < -0.3 is 5.11 Å². The van der Waals surface area contributed by atoms with E-state index >= 15 is 0 Å². The van der Waals surface area contributed by atoms with Crippen LogP contribution in [0.25, 0.3) is 0 Å². The number of aromatic nitrogens is 1. The summed E-state index contributed by atoms with van der Waals surface area (Å²) in [4.78, 5) is 5.95. The second-order valence-corrected chi connectivity index (χ2v) is 4.28. The number of halogens is 2. The second kappa shape index (κ2) is 5.66. The van der Waals surface area contributed by atoms with Gasteiger partial charge in [-0.2, -0.15) is 0 Å². The van der Waals surface area contributed by atoms with Crippen molar-refractivity contribution in [3.05, 3.63) is 28.0 Å². The molecule has 0 spiro atoms. The van der Waals surface area contributed by atoms with Gasteiger partial charge in [0, 0.05) is 18.2 Å². The molecule has 1 N–H and O–H groups in total. The minimum atomic E-state index is 0.0942. The standard InChI is InChI=1S/C10H14Cl2N2O/c1-7(6-15)14(2)5-8-3-4-9(11)13-10(8)12/h3-4,7,15H,5-6H2,1-2H3. The molecular weight excluding hydrogens is 235 g/mol. The lowest BCUT2D eigenvalue weighted by atomic mass is 10.2. The number of hydrogen-bond acceptors (Lipinski definition) is 3. The van der Waals surface area contributed by atoms with Crippen LogP contribution in [0.4, 0.5) is 0 Å². The summed E-state index contributed by atoms with van der Waals surface area (Å²) in [5, 5.41) is 9.79. The molecule has 3 nitrogen and oxygen atoms in total. The first-order valence-electron chi connectivity index (χ1n) is 4.66. The Hall–Kier alpha value is -0.350. The smallest absolute Gasteiger partial charge is 0.135 e. The van der Waals surface area contributed by atoms with E-state index in [4.69, 9.17) is 28.3 Å². The Bertz CT molecular complexity index is 333. The van der Waals surface area contributed by atoms with Crippen molar-refractivity contribution in [2.24, 2.45) is 0 Å². The molecular formula is C10H14Cl2N2O. The van der Waals surface area contributed by atoms with Gasteiger partial charge in [-0.15, -0.1) is 0 Å². The van der Waals surface area contributed by atoms with Gasteiger partial charge in [0.2, 0.25) is 0 Å². The van der Waals surface area contributed by atoms with E-state index in [1.54, 1.807) is 6.07 Å². The summed E-state index contributed by atoms with van der Waals surface area (Å²) in [6.07, 6.45) is 0. The monoisotopic (exact) mass is 248 g/mol. The van der Waals surface area contributed by atoms with Gasteiger partial charge in [-0.1, -0.05) is 29.3 Å². The molecule has 5 heteroatoms. The first-order valence-corrected chi connectivity index (χ1v) is 5.42. The van der Waals surface area contributed by atoms with E-state index in [-0.39, 0.29) is 12.6 Å². The van der Waals surface area contributed by atoms with Gasteiger partial charge in [0.1, 0.15) is 10.3 Å². The summed E-state index contributed by atoms with van der Waals surface area (Å²) in [7, 11) is 1.92. The van der Waals surface area contributed by atoms with Gasteiger partial charge >= 0.3 is 0 Å². The van der Waals surface area contributed by atoms with Crippen LogP contribution in [-0.2, 0) is 6.54 Å². The molecule has 0 aliphatic rings. The molecule has 1 aromatic heterocycles. The van der Waals surface area contributed by atoms with Gasteiger partial charge in [-0.25, -0.2) is 4.98 Å². The Balaban J connectivity index is 2.72. The predicted molar refractivity (Wildman–Crippen MR) is 62.3 cm³/mol. The topological polar surface area (TPSA) is 36.4 Å². The maximum Gasteiger partial charge on any atom is 0.135 e. The maximum absolute atomic E-state index is 8.99. The van der Waals surface area contributed by atoms with Crippen molar-refractivity contribution in [1.29, 1.82) is 0 Å². The minimum Gasteiger partial charge on any atom is -0.395 e. The Morgan fingerprint density at radius 3 is 2.67 bits per heavy atom. The summed E-state index contributed by atoms with van der Waals surface area (Å²) in [6.45, 7) is 2.71. The molecule has 0 aliphatic carbocycles. The predicted octanol–water partition coefficient (Wildman–Crippen LogP) is 2.20. The average Bonchev–Trinajstić information content (AvgIpc) is 2.20. The average molecular weight is 249 g/mol. The first kappa shape index (κ1) is 12.7. The summed E-state index contributed by atoms with van der Waals surface area (Å²) < 4.78 is 0. The highest BCUT2D eigenvalue weighted by molar-refractivity contribution is 6.32. The molecule has 1 atom stereocenters. The lowest BCUT2D eigenvalue weighted by Gasteiger charge is -2.22. The molecule has 1 unspecified atom stereocenters. The largest absolute Gasteiger partial charge is 0.395 e. The van der Waals surface area contributed by atoms with Gasteiger partial charge in [0.05, 0.1) is 6.61 Å². The molecule has 84 valence electrons. The Morgan fingerprint density at radius 2 is 2.13 bits per heavy atom. The van der Waals surface area contributed by atoms with E-state index in [1.165, 1.54) is 0 Å². The summed E-state index contributed by atoms with van der Waals surface area (Å²) in [6, 6.07) is 3.65. The van der Waals surface area contributed by atoms with Gasteiger partial charge in [0.25, 0.3) is 0 Å². The van der Waals surface area contributed by atoms with E-state index in [1.807, 2.05) is 24.9 Å². The number of aliphatic hydroxyl groups excluding tert-OH is 1. The number of nitrogens with zero attached hydrogens (tertiary/aromatic N) is 2. The van der Waals surface area contributed by atoms with Crippen LogP contribution < -0.4 is 0 Å². The van der Waals surface area contributed by atoms with Crippen molar-refractivity contribution >= 4 is 23.2 Å². The first-order chi connectivity index (χ1) is 7.04. The maximum atomic E-state index is 8.99. The van der Waals surface area contributed by atoms with Crippen LogP contribution in [0, 0.1) is 0 Å². The number of hydrogen-bond donors (Lipinski definition) is 1. The van der Waals surface area contributed by atoms with E-state index < -0.39 is 0 Å². The van der Waals surface area contributed by atoms with E-state index in [0.717, 1.165) is 5.56 Å². The van der Waals surface area contributed by atoms with E-state index in [0.29, 0.717) is 16.9 Å². The molecule has 0 bridgehead atoms. The third kappa shape index (κ3) is 3.61. The highest BCUT2D eigenvalue weighted by Crippen LogP contribution is 2.18. The Labute approximate surface area is 99.6 Å². The zero-order chi connectivity index (χ0) is 11.4. The Kier molecular flexibility index (Phi) is 4.80. The molecule has 0 aromatic carbocycles. The quantitative estimate of drug-likeness (QED) is 0.831. The number of pyridine rings is 1. The highest BCUT2D eigenvalue weighted by Gasteiger charge is 2.10.